The Morgan fingerprint density at radius 1 is 0.800 bits per heavy atom. The minimum Gasteiger partial charge on any atom is -0.487 e. The number of carbonyl (C=O) groups is 1. The predicted molar refractivity (Wildman–Crippen MR) is 137 cm³/mol. The van der Waals surface area contributed by atoms with Crippen molar-refractivity contribution in [2.75, 3.05) is 77.4 Å². The average molecular weight is 475 g/mol. The lowest BCUT2D eigenvalue weighted by atomic mass is 9.98. The lowest BCUT2D eigenvalue weighted by Crippen LogP contribution is -2.49. The van der Waals surface area contributed by atoms with E-state index in [1.54, 1.807) is 0 Å². The first-order valence-corrected chi connectivity index (χ1v) is 12.9. The summed E-state index contributed by atoms with van der Waals surface area (Å²) >= 11 is 0. The fourth-order valence-electron chi connectivity index (χ4n) is 5.55. The molecule has 1 amide bonds. The highest BCUT2D eigenvalue weighted by Gasteiger charge is 2.32. The van der Waals surface area contributed by atoms with Crippen molar-refractivity contribution >= 4 is 22.9 Å². The topological polar surface area (TPSA) is 57.3 Å². The molecule has 2 fully saturated rings. The number of benzene rings is 2. The van der Waals surface area contributed by atoms with Crippen LogP contribution in [0.4, 0.5) is 5.69 Å². The van der Waals surface area contributed by atoms with E-state index in [2.05, 4.69) is 38.2 Å². The van der Waals surface area contributed by atoms with Gasteiger partial charge in [-0.15, -0.1) is 0 Å². The van der Waals surface area contributed by atoms with Gasteiger partial charge in [0, 0.05) is 81.3 Å². The van der Waals surface area contributed by atoms with Crippen LogP contribution in [0.25, 0.3) is 11.3 Å². The zero-order chi connectivity index (χ0) is 23.6. The van der Waals surface area contributed by atoms with E-state index in [1.165, 1.54) is 17.7 Å². The van der Waals surface area contributed by atoms with Crippen LogP contribution in [0.1, 0.15) is 22.3 Å². The Labute approximate surface area is 207 Å². The van der Waals surface area contributed by atoms with E-state index in [9.17, 15) is 4.79 Å². The minimum absolute atomic E-state index is 0.0813. The molecule has 1 N–H and O–H groups in total. The van der Waals surface area contributed by atoms with E-state index in [-0.39, 0.29) is 5.91 Å². The summed E-state index contributed by atoms with van der Waals surface area (Å²) in [5, 5.41) is 2.96. The molecule has 4 aliphatic rings. The zero-order valence-corrected chi connectivity index (χ0v) is 20.3. The Morgan fingerprint density at radius 3 is 2.31 bits per heavy atom. The summed E-state index contributed by atoms with van der Waals surface area (Å²) in [6.45, 7) is 12.4. The van der Waals surface area contributed by atoms with Gasteiger partial charge in [0.15, 0.2) is 0 Å². The average Bonchev–Trinajstić information content (AvgIpc) is 3.46. The molecule has 184 valence electrons. The number of morpholine rings is 1. The first-order chi connectivity index (χ1) is 17.2. The molecule has 2 saturated heterocycles. The summed E-state index contributed by atoms with van der Waals surface area (Å²) in [7, 11) is 0. The number of fused-ring (bicyclic) bond motifs is 2. The first-order valence-electron chi connectivity index (χ1n) is 12.9. The highest BCUT2D eigenvalue weighted by atomic mass is 16.5. The Morgan fingerprint density at radius 2 is 1.51 bits per heavy atom. The minimum atomic E-state index is -0.0813. The van der Waals surface area contributed by atoms with Crippen LogP contribution in [0, 0.1) is 0 Å². The lowest BCUT2D eigenvalue weighted by Gasteiger charge is -2.36. The van der Waals surface area contributed by atoms with E-state index in [1.807, 2.05) is 24.3 Å². The molecule has 0 radical (unpaired) electrons. The van der Waals surface area contributed by atoms with Crippen LogP contribution in [-0.4, -0.2) is 92.7 Å². The second-order valence-corrected chi connectivity index (χ2v) is 9.87. The summed E-state index contributed by atoms with van der Waals surface area (Å²) in [5.41, 5.74) is 5.99. The van der Waals surface area contributed by atoms with Gasteiger partial charge in [-0.1, -0.05) is 36.4 Å². The fraction of sp³-hybridized carbons (Fsp3) is 0.464. The van der Waals surface area contributed by atoms with Crippen LogP contribution in [0.3, 0.4) is 0 Å². The van der Waals surface area contributed by atoms with E-state index in [0.29, 0.717) is 17.9 Å². The first kappa shape index (κ1) is 22.7. The maximum absolute atomic E-state index is 12.7. The van der Waals surface area contributed by atoms with Crippen LogP contribution in [-0.2, 0) is 27.3 Å². The van der Waals surface area contributed by atoms with Crippen molar-refractivity contribution in [1.29, 1.82) is 0 Å². The number of amides is 1. The normalized spacial score (nSPS) is 23.1. The second-order valence-electron chi connectivity index (χ2n) is 9.87. The SMILES string of the molecule is O=C1Nc2ccccc2/C1=C1\OCc2cc(CCN3CCN(CCN4CCOCC4)CC3)ccc21. The number of anilines is 1. The van der Waals surface area contributed by atoms with Gasteiger partial charge < -0.3 is 19.7 Å². The summed E-state index contributed by atoms with van der Waals surface area (Å²) in [5.74, 6) is 0.629. The summed E-state index contributed by atoms with van der Waals surface area (Å²) in [6.07, 6.45) is 1.04. The van der Waals surface area contributed by atoms with Crippen LogP contribution >= 0.6 is 0 Å². The third-order valence-corrected chi connectivity index (χ3v) is 7.70. The summed E-state index contributed by atoms with van der Waals surface area (Å²) < 4.78 is 11.5. The zero-order valence-electron chi connectivity index (χ0n) is 20.3. The Balaban J connectivity index is 1.03. The third kappa shape index (κ3) is 4.86. The molecule has 0 bridgehead atoms. The predicted octanol–water partition coefficient (Wildman–Crippen LogP) is 2.53. The Kier molecular flexibility index (Phi) is 6.57. The number of ether oxygens (including phenoxy) is 2. The largest absolute Gasteiger partial charge is 0.487 e. The van der Waals surface area contributed by atoms with Crippen LogP contribution in [0.5, 0.6) is 0 Å². The molecule has 4 heterocycles. The van der Waals surface area contributed by atoms with Crippen molar-refractivity contribution in [1.82, 2.24) is 14.7 Å². The highest BCUT2D eigenvalue weighted by molar-refractivity contribution is 6.36. The second kappa shape index (κ2) is 10.1. The summed E-state index contributed by atoms with van der Waals surface area (Å²) in [6, 6.07) is 14.4. The van der Waals surface area contributed by atoms with Crippen molar-refractivity contribution in [3.05, 3.63) is 64.7 Å². The molecule has 7 heteroatoms. The van der Waals surface area contributed by atoms with Crippen molar-refractivity contribution < 1.29 is 14.3 Å². The smallest absolute Gasteiger partial charge is 0.260 e. The lowest BCUT2D eigenvalue weighted by molar-refractivity contribution is -0.110. The van der Waals surface area contributed by atoms with Crippen LogP contribution in [0.15, 0.2) is 42.5 Å². The Hall–Kier alpha value is -2.71. The molecule has 0 saturated carbocycles. The van der Waals surface area contributed by atoms with E-state index < -0.39 is 0 Å². The molecule has 0 spiro atoms. The number of nitrogens with zero attached hydrogens (tertiary/aromatic N) is 3. The van der Waals surface area contributed by atoms with E-state index in [0.717, 1.165) is 88.8 Å². The number of nitrogens with one attached hydrogen (secondary N) is 1. The molecule has 4 aliphatic heterocycles. The van der Waals surface area contributed by atoms with Gasteiger partial charge in [0.25, 0.3) is 5.91 Å². The van der Waals surface area contributed by atoms with Gasteiger partial charge in [-0.3, -0.25) is 14.6 Å². The van der Waals surface area contributed by atoms with Crippen molar-refractivity contribution in [2.45, 2.75) is 13.0 Å². The number of para-hydroxylation sites is 1. The van der Waals surface area contributed by atoms with E-state index >= 15 is 0 Å². The van der Waals surface area contributed by atoms with Crippen molar-refractivity contribution in [2.24, 2.45) is 0 Å². The van der Waals surface area contributed by atoms with Gasteiger partial charge in [0.05, 0.1) is 18.8 Å². The molecular formula is C28H34N4O3. The third-order valence-electron chi connectivity index (χ3n) is 7.70. The van der Waals surface area contributed by atoms with Gasteiger partial charge in [0.1, 0.15) is 12.4 Å². The molecular weight excluding hydrogens is 440 g/mol. The van der Waals surface area contributed by atoms with Crippen molar-refractivity contribution in [3.8, 4) is 0 Å². The number of hydrogen-bond acceptors (Lipinski definition) is 6. The maximum Gasteiger partial charge on any atom is 0.260 e. The van der Waals surface area contributed by atoms with Crippen LogP contribution in [0.2, 0.25) is 0 Å². The number of hydrogen-bond donors (Lipinski definition) is 1. The number of carbonyl (C=O) groups excluding carboxylic acids is 1. The van der Waals surface area contributed by atoms with Gasteiger partial charge in [-0.05, 0) is 18.1 Å². The number of rotatable bonds is 6. The Bertz CT molecular complexity index is 1120. The molecule has 0 aliphatic carbocycles. The molecule has 2 aromatic carbocycles. The molecule has 6 rings (SSSR count). The monoisotopic (exact) mass is 474 g/mol. The van der Waals surface area contributed by atoms with Crippen LogP contribution < -0.4 is 5.32 Å². The fourth-order valence-corrected chi connectivity index (χ4v) is 5.55. The molecule has 7 nitrogen and oxygen atoms in total. The molecule has 2 aromatic rings. The maximum atomic E-state index is 12.7. The standard InChI is InChI=1S/C28H34N4O3/c33-28-26(24-3-1-2-4-25(24)29-28)27-23-6-5-21(19-22(23)20-35-27)7-8-30-9-11-31(12-10-30)13-14-32-15-17-34-18-16-32/h1-6,19H,7-18,20H2,(H,29,33)/b27-26+. The summed E-state index contributed by atoms with van der Waals surface area (Å²) in [4.78, 5) is 20.4. The molecule has 35 heavy (non-hydrogen) atoms. The van der Waals surface area contributed by atoms with Crippen molar-refractivity contribution in [3.63, 3.8) is 0 Å². The van der Waals surface area contributed by atoms with Gasteiger partial charge in [-0.25, -0.2) is 0 Å². The molecule has 0 aromatic heterocycles. The van der Waals surface area contributed by atoms with Gasteiger partial charge >= 0.3 is 0 Å². The number of piperazine rings is 1. The van der Waals surface area contributed by atoms with Gasteiger partial charge in [-0.2, -0.15) is 0 Å². The molecule has 0 unspecified atom stereocenters. The highest BCUT2D eigenvalue weighted by Crippen LogP contribution is 2.41. The molecule has 0 atom stereocenters. The quantitative estimate of drug-likeness (QED) is 0.650. The van der Waals surface area contributed by atoms with Gasteiger partial charge in [0.2, 0.25) is 0 Å². The van der Waals surface area contributed by atoms with E-state index in [4.69, 9.17) is 9.47 Å².